The van der Waals surface area contributed by atoms with E-state index in [9.17, 15) is 0 Å². The summed E-state index contributed by atoms with van der Waals surface area (Å²) in [6.07, 6.45) is 6.04. The first kappa shape index (κ1) is 16.9. The van der Waals surface area contributed by atoms with Crippen LogP contribution in [-0.4, -0.2) is 20.3 Å². The zero-order chi connectivity index (χ0) is 17.4. The van der Waals surface area contributed by atoms with Crippen LogP contribution >= 0.6 is 11.3 Å². The molecule has 1 aromatic carbocycles. The summed E-state index contributed by atoms with van der Waals surface area (Å²) >= 11 is 2.04. The molecule has 0 saturated heterocycles. The molecule has 3 nitrogen and oxygen atoms in total. The molecule has 1 aliphatic heterocycles. The minimum atomic E-state index is 0.452. The molecule has 2 heterocycles. The van der Waals surface area contributed by atoms with Crippen LogP contribution in [0.25, 0.3) is 0 Å². The molecule has 0 saturated carbocycles. The number of hydrogen-bond donors (Lipinski definition) is 1. The van der Waals surface area contributed by atoms with Gasteiger partial charge in [-0.2, -0.15) is 0 Å². The molecule has 25 heavy (non-hydrogen) atoms. The fourth-order valence-corrected chi connectivity index (χ4v) is 5.71. The minimum absolute atomic E-state index is 0.452. The molecule has 2 atom stereocenters. The highest BCUT2D eigenvalue weighted by molar-refractivity contribution is 7.12. The summed E-state index contributed by atoms with van der Waals surface area (Å²) in [7, 11) is 3.44. The van der Waals surface area contributed by atoms with Gasteiger partial charge < -0.3 is 14.8 Å². The average molecular weight is 358 g/mol. The van der Waals surface area contributed by atoms with E-state index in [4.69, 9.17) is 9.47 Å². The highest BCUT2D eigenvalue weighted by Gasteiger charge is 2.37. The molecule has 0 unspecified atom stereocenters. The zero-order valence-electron chi connectivity index (χ0n) is 15.4. The van der Waals surface area contributed by atoms with E-state index in [1.54, 1.807) is 24.0 Å². The van der Waals surface area contributed by atoms with Crippen LogP contribution in [0, 0.1) is 0 Å². The van der Waals surface area contributed by atoms with Gasteiger partial charge in [-0.15, -0.1) is 11.3 Å². The lowest BCUT2D eigenvalue weighted by Crippen LogP contribution is -2.41. The molecular weight excluding hydrogens is 330 g/mol. The van der Waals surface area contributed by atoms with Crippen molar-refractivity contribution >= 4 is 11.3 Å². The SMILES string of the molecule is CCCCc1cc2c(s1)[C@H]1c3cc(OC)c(OC)cc3CC[C@@H]1NC2. The quantitative estimate of drug-likeness (QED) is 0.844. The molecule has 0 spiro atoms. The van der Waals surface area contributed by atoms with Crippen LogP contribution in [0.1, 0.15) is 58.5 Å². The van der Waals surface area contributed by atoms with Crippen molar-refractivity contribution in [3.05, 3.63) is 44.6 Å². The maximum Gasteiger partial charge on any atom is 0.161 e. The monoisotopic (exact) mass is 357 g/mol. The molecule has 4 rings (SSSR count). The molecule has 2 aliphatic rings. The molecule has 2 aromatic rings. The van der Waals surface area contributed by atoms with Crippen molar-refractivity contribution in [1.29, 1.82) is 0 Å². The third-order valence-electron chi connectivity index (χ3n) is 5.61. The lowest BCUT2D eigenvalue weighted by molar-refractivity contribution is 0.349. The molecule has 1 N–H and O–H groups in total. The van der Waals surface area contributed by atoms with E-state index < -0.39 is 0 Å². The van der Waals surface area contributed by atoms with Crippen LogP contribution in [0.3, 0.4) is 0 Å². The van der Waals surface area contributed by atoms with Crippen molar-refractivity contribution in [3.8, 4) is 11.5 Å². The van der Waals surface area contributed by atoms with Gasteiger partial charge >= 0.3 is 0 Å². The van der Waals surface area contributed by atoms with E-state index in [0.717, 1.165) is 24.5 Å². The first-order chi connectivity index (χ1) is 12.2. The first-order valence-electron chi connectivity index (χ1n) is 9.34. The van der Waals surface area contributed by atoms with Gasteiger partial charge in [-0.3, -0.25) is 0 Å². The summed E-state index contributed by atoms with van der Waals surface area (Å²) in [5.74, 6) is 2.14. The zero-order valence-corrected chi connectivity index (χ0v) is 16.2. The Balaban J connectivity index is 1.77. The van der Waals surface area contributed by atoms with Crippen molar-refractivity contribution in [2.24, 2.45) is 0 Å². The number of rotatable bonds is 5. The summed E-state index contributed by atoms with van der Waals surface area (Å²) < 4.78 is 11.1. The van der Waals surface area contributed by atoms with Gasteiger partial charge in [0.2, 0.25) is 0 Å². The van der Waals surface area contributed by atoms with Crippen molar-refractivity contribution in [2.45, 2.75) is 57.5 Å². The lowest BCUT2D eigenvalue weighted by Gasteiger charge is -2.38. The number of benzene rings is 1. The second-order valence-electron chi connectivity index (χ2n) is 7.12. The highest BCUT2D eigenvalue weighted by atomic mass is 32.1. The molecule has 134 valence electrons. The van der Waals surface area contributed by atoms with Crippen LogP contribution in [0.15, 0.2) is 18.2 Å². The average Bonchev–Trinajstić information content (AvgIpc) is 3.07. The second kappa shape index (κ2) is 7.00. The molecule has 1 aromatic heterocycles. The van der Waals surface area contributed by atoms with Gasteiger partial charge in [-0.1, -0.05) is 13.3 Å². The van der Waals surface area contributed by atoms with Gasteiger partial charge in [0.1, 0.15) is 0 Å². The number of nitrogens with one attached hydrogen (secondary N) is 1. The van der Waals surface area contributed by atoms with Gasteiger partial charge in [-0.25, -0.2) is 0 Å². The molecule has 0 bridgehead atoms. The highest BCUT2D eigenvalue weighted by Crippen LogP contribution is 2.47. The van der Waals surface area contributed by atoms with Crippen molar-refractivity contribution in [1.82, 2.24) is 5.32 Å². The molecule has 4 heteroatoms. The van der Waals surface area contributed by atoms with Gasteiger partial charge in [0.25, 0.3) is 0 Å². The van der Waals surface area contributed by atoms with E-state index in [0.29, 0.717) is 12.0 Å². The second-order valence-corrected chi connectivity index (χ2v) is 8.28. The van der Waals surface area contributed by atoms with Crippen molar-refractivity contribution < 1.29 is 9.47 Å². The third-order valence-corrected chi connectivity index (χ3v) is 6.93. The summed E-state index contributed by atoms with van der Waals surface area (Å²) in [5.41, 5.74) is 4.34. The summed E-state index contributed by atoms with van der Waals surface area (Å²) in [6.45, 7) is 3.28. The Morgan fingerprint density at radius 3 is 2.68 bits per heavy atom. The van der Waals surface area contributed by atoms with Crippen LogP contribution in [0.2, 0.25) is 0 Å². The Hall–Kier alpha value is -1.52. The standard InChI is InChI=1S/C21H27NO2S/c1-4-5-6-15-9-14-12-22-17-8-7-13-10-18(23-2)19(24-3)11-16(13)20(17)21(14)25-15/h9-11,17,20,22H,4-8,12H2,1-3H3/t17-,20-/m0/s1. The number of unbranched alkanes of at least 4 members (excludes halogenated alkanes) is 1. The number of thiophene rings is 1. The van der Waals surface area contributed by atoms with Crippen LogP contribution < -0.4 is 14.8 Å². The van der Waals surface area contributed by atoms with Crippen LogP contribution in [0.5, 0.6) is 11.5 Å². The van der Waals surface area contributed by atoms with Crippen molar-refractivity contribution in [3.63, 3.8) is 0 Å². The summed E-state index contributed by atoms with van der Waals surface area (Å²) in [5, 5.41) is 3.79. The molecule has 0 fully saturated rings. The largest absolute Gasteiger partial charge is 0.493 e. The molecule has 1 aliphatic carbocycles. The molecule has 0 amide bonds. The smallest absolute Gasteiger partial charge is 0.161 e. The number of hydrogen-bond acceptors (Lipinski definition) is 4. The van der Waals surface area contributed by atoms with E-state index in [1.807, 2.05) is 11.3 Å². The predicted molar refractivity (Wildman–Crippen MR) is 103 cm³/mol. The maximum atomic E-state index is 5.59. The van der Waals surface area contributed by atoms with Gasteiger partial charge in [0, 0.05) is 28.3 Å². The number of fused-ring (bicyclic) bond motifs is 5. The van der Waals surface area contributed by atoms with Gasteiger partial charge in [-0.05, 0) is 60.6 Å². The van der Waals surface area contributed by atoms with E-state index in [-0.39, 0.29) is 0 Å². The number of ether oxygens (including phenoxy) is 2. The van der Waals surface area contributed by atoms with E-state index in [1.165, 1.54) is 42.4 Å². The van der Waals surface area contributed by atoms with Crippen molar-refractivity contribution in [2.75, 3.05) is 14.2 Å². The number of aryl methyl sites for hydroxylation is 2. The summed E-state index contributed by atoms with van der Waals surface area (Å²) in [6, 6.07) is 7.38. The topological polar surface area (TPSA) is 30.5 Å². The molecular formula is C21H27NO2S. The lowest BCUT2D eigenvalue weighted by atomic mass is 9.75. The normalized spacial score (nSPS) is 21.2. The van der Waals surface area contributed by atoms with Gasteiger partial charge in [0.15, 0.2) is 11.5 Å². The first-order valence-corrected chi connectivity index (χ1v) is 10.2. The predicted octanol–water partition coefficient (Wildman–Crippen LogP) is 4.66. The van der Waals surface area contributed by atoms with E-state index in [2.05, 4.69) is 30.4 Å². The fourth-order valence-electron chi connectivity index (χ4n) is 4.30. The minimum Gasteiger partial charge on any atom is -0.493 e. The summed E-state index contributed by atoms with van der Waals surface area (Å²) in [4.78, 5) is 3.12. The van der Waals surface area contributed by atoms with Gasteiger partial charge in [0.05, 0.1) is 14.2 Å². The Labute approximate surface area is 154 Å². The Kier molecular flexibility index (Phi) is 4.74. The third kappa shape index (κ3) is 2.96. The fraction of sp³-hybridized carbons (Fsp3) is 0.524. The van der Waals surface area contributed by atoms with E-state index >= 15 is 0 Å². The Morgan fingerprint density at radius 2 is 1.92 bits per heavy atom. The molecule has 0 radical (unpaired) electrons. The van der Waals surface area contributed by atoms with Crippen LogP contribution in [-0.2, 0) is 19.4 Å². The Bertz CT molecular complexity index is 767. The number of methoxy groups -OCH3 is 2. The van der Waals surface area contributed by atoms with Crippen LogP contribution in [0.4, 0.5) is 0 Å². The maximum absolute atomic E-state index is 5.59. The Morgan fingerprint density at radius 1 is 1.12 bits per heavy atom.